The Morgan fingerprint density at radius 1 is 1.09 bits per heavy atom. The van der Waals surface area contributed by atoms with Crippen molar-refractivity contribution in [3.05, 3.63) is 58.5 Å². The number of aryl methyl sites for hydroxylation is 2. The Kier molecular flexibility index (Phi) is 6.33. The maximum atomic E-state index is 13.2. The summed E-state index contributed by atoms with van der Waals surface area (Å²) in [4.78, 5) is 19.6. The fourth-order valence-corrected chi connectivity index (χ4v) is 6.42. The quantitative estimate of drug-likeness (QED) is 0.606. The number of amides is 1. The number of carbonyl (C=O) groups is 1. The molecule has 2 aromatic carbocycles. The number of likely N-dealkylation sites (tertiary alicyclic amines) is 1. The number of aromatic nitrogens is 1. The van der Waals surface area contributed by atoms with Gasteiger partial charge >= 0.3 is 0 Å². The number of oxazole rings is 1. The van der Waals surface area contributed by atoms with E-state index in [9.17, 15) is 13.2 Å². The second kappa shape index (κ2) is 8.91. The van der Waals surface area contributed by atoms with Crippen molar-refractivity contribution in [3.63, 3.8) is 0 Å². The summed E-state index contributed by atoms with van der Waals surface area (Å²) in [6, 6.07) is 8.81. The number of rotatable bonds is 5. The number of fused-ring (bicyclic) bond motifs is 1. The lowest BCUT2D eigenvalue weighted by Gasteiger charge is -2.32. The zero-order chi connectivity index (χ0) is 23.9. The highest BCUT2D eigenvalue weighted by Gasteiger charge is 2.32. The number of carbonyl (C=O) groups excluding carboxylic acids is 1. The van der Waals surface area contributed by atoms with Crippen LogP contribution in [0.15, 0.2) is 39.6 Å². The fraction of sp³-hybridized carbons (Fsp3) is 0.440. The third kappa shape index (κ3) is 4.54. The van der Waals surface area contributed by atoms with Crippen LogP contribution in [-0.4, -0.2) is 43.3 Å². The smallest absolute Gasteiger partial charge is 0.241 e. The summed E-state index contributed by atoms with van der Waals surface area (Å²) >= 11 is 0. The van der Waals surface area contributed by atoms with Crippen LogP contribution >= 0.6 is 0 Å². The molecule has 0 spiro atoms. The molecule has 0 unspecified atom stereocenters. The van der Waals surface area contributed by atoms with Crippen LogP contribution < -0.4 is 4.72 Å². The lowest BCUT2D eigenvalue weighted by atomic mass is 9.96. The maximum absolute atomic E-state index is 13.2. The van der Waals surface area contributed by atoms with E-state index in [1.807, 2.05) is 44.2 Å². The minimum absolute atomic E-state index is 0.147. The predicted molar refractivity (Wildman–Crippen MR) is 128 cm³/mol. The predicted octanol–water partition coefficient (Wildman–Crippen LogP) is 4.13. The summed E-state index contributed by atoms with van der Waals surface area (Å²) in [6.45, 7) is 10.1. The molecule has 0 bridgehead atoms. The van der Waals surface area contributed by atoms with Gasteiger partial charge in [0.15, 0.2) is 11.5 Å². The molecular formula is C25H31N3O4S. The van der Waals surface area contributed by atoms with Crippen LogP contribution in [0.3, 0.4) is 0 Å². The van der Waals surface area contributed by atoms with Gasteiger partial charge in [-0.2, -0.15) is 4.72 Å². The zero-order valence-electron chi connectivity index (χ0n) is 19.8. The number of hydrogen-bond donors (Lipinski definition) is 1. The molecular weight excluding hydrogens is 438 g/mol. The van der Waals surface area contributed by atoms with Gasteiger partial charge in [0.25, 0.3) is 0 Å². The first-order valence-electron chi connectivity index (χ1n) is 11.3. The number of sulfonamides is 1. The lowest BCUT2D eigenvalue weighted by molar-refractivity contribution is -0.133. The standard InChI is InChI=1S/C25H31N3O4S/c1-15-14-16(2)18(4)23(17(15)3)33(30,31)27-19(5)25(29)28-12-10-20(11-13-28)24-26-21-8-6-7-9-22(21)32-24/h6-9,14,19-20,27H,10-13H2,1-5H3/t19-/m0/s1. The molecule has 0 saturated carbocycles. The molecule has 1 atom stereocenters. The van der Waals surface area contributed by atoms with E-state index in [1.165, 1.54) is 0 Å². The van der Waals surface area contributed by atoms with Crippen LogP contribution in [0.25, 0.3) is 11.1 Å². The van der Waals surface area contributed by atoms with Gasteiger partial charge in [-0.1, -0.05) is 18.2 Å². The lowest BCUT2D eigenvalue weighted by Crippen LogP contribution is -2.49. The molecule has 7 nitrogen and oxygen atoms in total. The number of para-hydroxylation sites is 2. The van der Waals surface area contributed by atoms with Gasteiger partial charge in [0.05, 0.1) is 10.9 Å². The summed E-state index contributed by atoms with van der Waals surface area (Å²) in [5.74, 6) is 0.640. The van der Waals surface area contributed by atoms with Crippen molar-refractivity contribution in [2.75, 3.05) is 13.1 Å². The molecule has 1 saturated heterocycles. The van der Waals surface area contributed by atoms with Gasteiger partial charge in [0.2, 0.25) is 15.9 Å². The molecule has 0 radical (unpaired) electrons. The minimum atomic E-state index is -3.84. The fourth-order valence-electron chi connectivity index (χ4n) is 4.61. The van der Waals surface area contributed by atoms with Crippen LogP contribution in [0, 0.1) is 27.7 Å². The van der Waals surface area contributed by atoms with Gasteiger partial charge in [-0.3, -0.25) is 4.79 Å². The molecule has 4 rings (SSSR count). The molecule has 33 heavy (non-hydrogen) atoms. The Morgan fingerprint density at radius 2 is 1.70 bits per heavy atom. The molecule has 8 heteroatoms. The maximum Gasteiger partial charge on any atom is 0.241 e. The highest BCUT2D eigenvalue weighted by Crippen LogP contribution is 2.30. The van der Waals surface area contributed by atoms with Crippen LogP contribution in [0.4, 0.5) is 0 Å². The number of piperidine rings is 1. The third-order valence-corrected chi connectivity index (χ3v) is 8.55. The molecule has 1 fully saturated rings. The van der Waals surface area contributed by atoms with E-state index in [0.29, 0.717) is 30.1 Å². The molecule has 3 aromatic rings. The second-order valence-corrected chi connectivity index (χ2v) is 10.7. The van der Waals surface area contributed by atoms with Crippen LogP contribution in [0.1, 0.15) is 53.8 Å². The molecule has 1 N–H and O–H groups in total. The highest BCUT2D eigenvalue weighted by molar-refractivity contribution is 7.89. The van der Waals surface area contributed by atoms with Crippen LogP contribution in [0.5, 0.6) is 0 Å². The number of nitrogens with zero attached hydrogens (tertiary/aromatic N) is 2. The van der Waals surface area contributed by atoms with E-state index in [2.05, 4.69) is 9.71 Å². The van der Waals surface area contributed by atoms with Gasteiger partial charge in [-0.15, -0.1) is 0 Å². The molecule has 1 aliphatic heterocycles. The average molecular weight is 470 g/mol. The summed E-state index contributed by atoms with van der Waals surface area (Å²) in [5, 5.41) is 0. The highest BCUT2D eigenvalue weighted by atomic mass is 32.2. The van der Waals surface area contributed by atoms with Crippen molar-refractivity contribution in [1.82, 2.24) is 14.6 Å². The number of nitrogens with one attached hydrogen (secondary N) is 1. The molecule has 0 aliphatic carbocycles. The van der Waals surface area contributed by atoms with E-state index in [-0.39, 0.29) is 16.7 Å². The topological polar surface area (TPSA) is 92.5 Å². The summed E-state index contributed by atoms with van der Waals surface area (Å²) in [7, 11) is -3.84. The molecule has 176 valence electrons. The van der Waals surface area contributed by atoms with Gasteiger partial charge in [0.1, 0.15) is 5.52 Å². The largest absolute Gasteiger partial charge is 0.440 e. The van der Waals surface area contributed by atoms with Gasteiger partial charge in [-0.25, -0.2) is 13.4 Å². The normalized spacial score (nSPS) is 16.3. The minimum Gasteiger partial charge on any atom is -0.440 e. The Morgan fingerprint density at radius 3 is 2.30 bits per heavy atom. The van der Waals surface area contributed by atoms with Crippen LogP contribution in [-0.2, 0) is 14.8 Å². The SMILES string of the molecule is Cc1cc(C)c(C)c(S(=O)(=O)N[C@@H](C)C(=O)N2CCC(c3nc4ccccc4o3)CC2)c1C. The van der Waals surface area contributed by atoms with Gasteiger partial charge in [0, 0.05) is 19.0 Å². The molecule has 1 aliphatic rings. The van der Waals surface area contributed by atoms with Crippen LogP contribution in [0.2, 0.25) is 0 Å². The van der Waals surface area contributed by atoms with E-state index < -0.39 is 16.1 Å². The molecule has 1 aromatic heterocycles. The Bertz CT molecular complexity index is 1250. The van der Waals surface area contributed by atoms with Crippen molar-refractivity contribution in [2.24, 2.45) is 0 Å². The summed E-state index contributed by atoms with van der Waals surface area (Å²) < 4.78 is 34.9. The number of benzene rings is 2. The van der Waals surface area contributed by atoms with E-state index in [1.54, 1.807) is 25.7 Å². The Hall–Kier alpha value is -2.71. The van der Waals surface area contributed by atoms with E-state index >= 15 is 0 Å². The van der Waals surface area contributed by atoms with Crippen molar-refractivity contribution >= 4 is 27.0 Å². The monoisotopic (exact) mass is 469 g/mol. The van der Waals surface area contributed by atoms with Crippen molar-refractivity contribution in [2.45, 2.75) is 64.3 Å². The zero-order valence-corrected chi connectivity index (χ0v) is 20.6. The Balaban J connectivity index is 1.43. The third-order valence-electron chi connectivity index (χ3n) is 6.73. The van der Waals surface area contributed by atoms with E-state index in [4.69, 9.17) is 4.42 Å². The average Bonchev–Trinajstić information content (AvgIpc) is 3.21. The Labute approximate surface area is 195 Å². The van der Waals surface area contributed by atoms with E-state index in [0.717, 1.165) is 35.1 Å². The van der Waals surface area contributed by atoms with Crippen molar-refractivity contribution in [3.8, 4) is 0 Å². The second-order valence-electron chi connectivity index (χ2n) is 9.05. The van der Waals surface area contributed by atoms with Crippen molar-refractivity contribution < 1.29 is 17.6 Å². The van der Waals surface area contributed by atoms with Gasteiger partial charge in [-0.05, 0) is 81.8 Å². The number of hydrogen-bond acceptors (Lipinski definition) is 5. The summed E-state index contributed by atoms with van der Waals surface area (Å²) in [5.41, 5.74) is 4.86. The van der Waals surface area contributed by atoms with Crippen molar-refractivity contribution in [1.29, 1.82) is 0 Å². The first kappa shape index (κ1) is 23.4. The first-order valence-corrected chi connectivity index (χ1v) is 12.8. The first-order chi connectivity index (χ1) is 15.6. The molecule has 1 amide bonds. The van der Waals surface area contributed by atoms with Gasteiger partial charge < -0.3 is 9.32 Å². The summed E-state index contributed by atoms with van der Waals surface area (Å²) in [6.07, 6.45) is 1.46. The molecule has 2 heterocycles.